The molecule has 0 radical (unpaired) electrons. The Morgan fingerprint density at radius 3 is 2.81 bits per heavy atom. The highest BCUT2D eigenvalue weighted by atomic mass is 35.5. The van der Waals surface area contributed by atoms with Gasteiger partial charge >= 0.3 is 0 Å². The molecule has 1 aromatic rings. The summed E-state index contributed by atoms with van der Waals surface area (Å²) in [6, 6.07) is 2.11. The minimum atomic E-state index is 0.213. The quantitative estimate of drug-likeness (QED) is 0.824. The van der Waals surface area contributed by atoms with E-state index in [4.69, 9.17) is 17.3 Å². The van der Waals surface area contributed by atoms with Crippen LogP contribution in [0.15, 0.2) is 6.07 Å². The zero-order valence-electron chi connectivity index (χ0n) is 9.77. The van der Waals surface area contributed by atoms with E-state index in [9.17, 15) is 0 Å². The van der Waals surface area contributed by atoms with E-state index >= 15 is 0 Å². The van der Waals surface area contributed by atoms with Crippen LogP contribution in [0.1, 0.15) is 13.8 Å². The Hall–Kier alpha value is -0.680. The normalized spacial score (nSPS) is 12.5. The van der Waals surface area contributed by atoms with Crippen LogP contribution >= 0.6 is 23.4 Å². The third-order valence-electron chi connectivity index (χ3n) is 2.28. The second-order valence-electron chi connectivity index (χ2n) is 3.53. The summed E-state index contributed by atoms with van der Waals surface area (Å²) < 4.78 is 0. The molecule has 1 heterocycles. The largest absolute Gasteiger partial charge is 0.368 e. The van der Waals surface area contributed by atoms with Crippen molar-refractivity contribution in [2.24, 2.45) is 0 Å². The van der Waals surface area contributed by atoms with Crippen LogP contribution in [0.2, 0.25) is 5.15 Å². The van der Waals surface area contributed by atoms with Crippen LogP contribution in [-0.2, 0) is 0 Å². The summed E-state index contributed by atoms with van der Waals surface area (Å²) in [7, 11) is 1.99. The molecule has 0 aromatic carbocycles. The van der Waals surface area contributed by atoms with Gasteiger partial charge in [-0.3, -0.25) is 0 Å². The molecule has 0 aliphatic heterocycles. The SMILES string of the molecule is CCSCC(C)N(C)c1cc(Cl)nc(N)n1. The third kappa shape index (κ3) is 3.72. The van der Waals surface area contributed by atoms with Gasteiger partial charge in [-0.05, 0) is 12.7 Å². The van der Waals surface area contributed by atoms with Crippen molar-refractivity contribution in [3.8, 4) is 0 Å². The average Bonchev–Trinajstić information content (AvgIpc) is 2.23. The number of halogens is 1. The molecule has 1 unspecified atom stereocenters. The fourth-order valence-corrected chi connectivity index (χ4v) is 2.21. The number of anilines is 2. The maximum Gasteiger partial charge on any atom is 0.223 e. The molecule has 0 aliphatic rings. The maximum atomic E-state index is 5.84. The number of rotatable bonds is 5. The summed E-state index contributed by atoms with van der Waals surface area (Å²) in [5.41, 5.74) is 5.56. The van der Waals surface area contributed by atoms with Gasteiger partial charge in [0.25, 0.3) is 0 Å². The lowest BCUT2D eigenvalue weighted by Crippen LogP contribution is -2.31. The predicted octanol–water partition coefficient (Wildman–Crippen LogP) is 2.29. The highest BCUT2D eigenvalue weighted by Crippen LogP contribution is 2.19. The average molecular weight is 261 g/mol. The van der Waals surface area contributed by atoms with Crippen molar-refractivity contribution in [2.45, 2.75) is 19.9 Å². The molecule has 1 aromatic heterocycles. The molecule has 6 heteroatoms. The summed E-state index contributed by atoms with van der Waals surface area (Å²) in [5.74, 6) is 3.14. The molecule has 2 N–H and O–H groups in total. The van der Waals surface area contributed by atoms with E-state index in [0.717, 1.165) is 17.3 Å². The minimum Gasteiger partial charge on any atom is -0.368 e. The Balaban J connectivity index is 2.74. The molecule has 0 saturated carbocycles. The Bertz CT molecular complexity index is 327. The molecule has 0 bridgehead atoms. The van der Waals surface area contributed by atoms with Gasteiger partial charge in [-0.25, -0.2) is 4.98 Å². The van der Waals surface area contributed by atoms with E-state index in [0.29, 0.717) is 11.2 Å². The van der Waals surface area contributed by atoms with Crippen LogP contribution in [0, 0.1) is 0 Å². The molecule has 0 saturated heterocycles. The number of hydrogen-bond acceptors (Lipinski definition) is 5. The molecular weight excluding hydrogens is 244 g/mol. The fraction of sp³-hybridized carbons (Fsp3) is 0.600. The predicted molar refractivity (Wildman–Crippen MR) is 72.3 cm³/mol. The molecule has 16 heavy (non-hydrogen) atoms. The maximum absolute atomic E-state index is 5.84. The van der Waals surface area contributed by atoms with Crippen LogP contribution in [0.3, 0.4) is 0 Å². The summed E-state index contributed by atoms with van der Waals surface area (Å²) in [4.78, 5) is 10.1. The smallest absolute Gasteiger partial charge is 0.223 e. The highest BCUT2D eigenvalue weighted by molar-refractivity contribution is 7.99. The first-order chi connectivity index (χ1) is 7.54. The van der Waals surface area contributed by atoms with Gasteiger partial charge in [0.15, 0.2) is 0 Å². The molecule has 90 valence electrons. The van der Waals surface area contributed by atoms with Gasteiger partial charge in [0, 0.05) is 24.9 Å². The summed E-state index contributed by atoms with van der Waals surface area (Å²) >= 11 is 7.74. The summed E-state index contributed by atoms with van der Waals surface area (Å²) in [6.45, 7) is 4.30. The van der Waals surface area contributed by atoms with E-state index in [1.807, 2.05) is 18.8 Å². The van der Waals surface area contributed by atoms with Crippen LogP contribution in [0.4, 0.5) is 11.8 Å². The van der Waals surface area contributed by atoms with Crippen LogP contribution in [0.25, 0.3) is 0 Å². The molecule has 1 rings (SSSR count). The Labute approximate surface area is 106 Å². The first-order valence-corrected chi connectivity index (χ1v) is 6.68. The van der Waals surface area contributed by atoms with Gasteiger partial charge in [-0.15, -0.1) is 0 Å². The van der Waals surface area contributed by atoms with Crippen molar-refractivity contribution in [1.82, 2.24) is 9.97 Å². The lowest BCUT2D eigenvalue weighted by molar-refractivity contribution is 0.752. The van der Waals surface area contributed by atoms with E-state index in [-0.39, 0.29) is 5.95 Å². The molecular formula is C10H17ClN4S. The van der Waals surface area contributed by atoms with Crippen molar-refractivity contribution in [3.05, 3.63) is 11.2 Å². The monoisotopic (exact) mass is 260 g/mol. The van der Waals surface area contributed by atoms with Crippen LogP contribution < -0.4 is 10.6 Å². The van der Waals surface area contributed by atoms with Gasteiger partial charge in [-0.1, -0.05) is 18.5 Å². The van der Waals surface area contributed by atoms with E-state index in [2.05, 4.69) is 28.7 Å². The summed E-state index contributed by atoms with van der Waals surface area (Å²) in [5, 5.41) is 0.379. The fourth-order valence-electron chi connectivity index (χ4n) is 1.23. The first kappa shape index (κ1) is 13.4. The zero-order chi connectivity index (χ0) is 12.1. The van der Waals surface area contributed by atoms with Crippen molar-refractivity contribution < 1.29 is 0 Å². The molecule has 4 nitrogen and oxygen atoms in total. The summed E-state index contributed by atoms with van der Waals surface area (Å²) in [6.07, 6.45) is 0. The number of thioether (sulfide) groups is 1. The Morgan fingerprint density at radius 2 is 2.25 bits per heavy atom. The highest BCUT2D eigenvalue weighted by Gasteiger charge is 2.12. The number of hydrogen-bond donors (Lipinski definition) is 1. The lowest BCUT2D eigenvalue weighted by atomic mass is 10.3. The van der Waals surface area contributed by atoms with Crippen molar-refractivity contribution >= 4 is 35.1 Å². The van der Waals surface area contributed by atoms with E-state index in [1.54, 1.807) is 6.07 Å². The molecule has 0 aliphatic carbocycles. The Morgan fingerprint density at radius 1 is 1.56 bits per heavy atom. The number of nitrogens with two attached hydrogens (primary N) is 1. The van der Waals surface area contributed by atoms with E-state index < -0.39 is 0 Å². The van der Waals surface area contributed by atoms with Gasteiger partial charge < -0.3 is 10.6 Å². The second-order valence-corrected chi connectivity index (χ2v) is 5.23. The Kier molecular flexibility index (Phi) is 5.15. The van der Waals surface area contributed by atoms with Gasteiger partial charge in [0.1, 0.15) is 11.0 Å². The number of nitrogen functional groups attached to an aromatic ring is 1. The van der Waals surface area contributed by atoms with Crippen molar-refractivity contribution in [2.75, 3.05) is 29.2 Å². The van der Waals surface area contributed by atoms with Gasteiger partial charge in [0.2, 0.25) is 5.95 Å². The van der Waals surface area contributed by atoms with Gasteiger partial charge in [-0.2, -0.15) is 16.7 Å². The number of nitrogens with zero attached hydrogens (tertiary/aromatic N) is 3. The van der Waals surface area contributed by atoms with Crippen LogP contribution in [0.5, 0.6) is 0 Å². The van der Waals surface area contributed by atoms with Crippen molar-refractivity contribution in [1.29, 1.82) is 0 Å². The van der Waals surface area contributed by atoms with E-state index in [1.165, 1.54) is 0 Å². The topological polar surface area (TPSA) is 55.0 Å². The molecule has 0 spiro atoms. The second kappa shape index (κ2) is 6.15. The zero-order valence-corrected chi connectivity index (χ0v) is 11.3. The minimum absolute atomic E-state index is 0.213. The van der Waals surface area contributed by atoms with Crippen molar-refractivity contribution in [3.63, 3.8) is 0 Å². The lowest BCUT2D eigenvalue weighted by Gasteiger charge is -2.25. The molecule has 1 atom stereocenters. The van der Waals surface area contributed by atoms with Crippen LogP contribution in [-0.4, -0.2) is 34.6 Å². The third-order valence-corrected chi connectivity index (χ3v) is 3.60. The first-order valence-electron chi connectivity index (χ1n) is 5.15. The molecule has 0 fully saturated rings. The molecule has 0 amide bonds. The standard InChI is InChI=1S/C10H17ClN4S/c1-4-16-6-7(2)15(3)9-5-8(11)13-10(12)14-9/h5,7H,4,6H2,1-3H3,(H2,12,13,14). The number of aromatic nitrogens is 2. The van der Waals surface area contributed by atoms with Gasteiger partial charge in [0.05, 0.1) is 0 Å².